The van der Waals surface area contributed by atoms with Crippen molar-refractivity contribution in [2.24, 2.45) is 0 Å². The number of carbonyl (C=O) groups is 1. The minimum atomic E-state index is -0.238. The van der Waals surface area contributed by atoms with Gasteiger partial charge in [-0.1, -0.05) is 0 Å². The van der Waals surface area contributed by atoms with Gasteiger partial charge in [0, 0.05) is 0 Å². The van der Waals surface area contributed by atoms with Gasteiger partial charge in [-0.05, 0) is 0 Å². The van der Waals surface area contributed by atoms with Crippen molar-refractivity contribution in [3.8, 4) is 0 Å². The molecule has 47 valence electrons. The van der Waals surface area contributed by atoms with Crippen LogP contribution in [0.2, 0.25) is 0 Å². The number of rotatable bonds is 1. The first-order valence-corrected chi connectivity index (χ1v) is 5.04. The molecule has 2 nitrogen and oxygen atoms in total. The number of hydrogen-bond donors (Lipinski definition) is 0. The first-order chi connectivity index (χ1) is 4.75. The minimum absolute atomic E-state index is 0.0730. The molecule has 1 rings (SSSR count). The third-order valence-corrected chi connectivity index (χ3v) is 2.28. The van der Waals surface area contributed by atoms with Crippen LogP contribution in [0.25, 0.3) is 0 Å². The molecule has 0 spiro atoms. The standard InChI is InChI=1S/C7H6O2.Hg/c1-5-3-2-4-6(5)7(8)9;/h2-4H,1H2,(H,8,9);/q;+1/p-1. The molecule has 1 aliphatic carbocycles. The fourth-order valence-corrected chi connectivity index (χ4v) is 1.34. The first kappa shape index (κ1) is 7.73. The average molecular weight is 322 g/mol. The van der Waals surface area contributed by atoms with Crippen LogP contribution in [-0.2, 0) is 34.0 Å². The van der Waals surface area contributed by atoms with Crippen molar-refractivity contribution < 1.29 is 34.0 Å². The monoisotopic (exact) mass is 323 g/mol. The molecule has 0 heterocycles. The zero-order valence-electron chi connectivity index (χ0n) is 5.46. The van der Waals surface area contributed by atoms with Gasteiger partial charge >= 0.3 is 75.9 Å². The fourth-order valence-electron chi connectivity index (χ4n) is 0.734. The summed E-state index contributed by atoms with van der Waals surface area (Å²) in [5.74, 6) is -0.238. The first-order valence-electron chi connectivity index (χ1n) is 2.79. The van der Waals surface area contributed by atoms with Gasteiger partial charge in [-0.2, -0.15) is 0 Å². The van der Waals surface area contributed by atoms with E-state index in [-0.39, 0.29) is 32.5 Å². The van der Waals surface area contributed by atoms with Crippen LogP contribution in [0, 0.1) is 0 Å². The number of allylic oxidation sites excluding steroid dienone is 3. The van der Waals surface area contributed by atoms with E-state index < -0.39 is 0 Å². The Morgan fingerprint density at radius 3 is 2.80 bits per heavy atom. The van der Waals surface area contributed by atoms with E-state index in [1.54, 1.807) is 18.2 Å². The average Bonchev–Trinajstić information content (AvgIpc) is 2.34. The third kappa shape index (κ3) is 1.37. The Hall–Kier alpha value is -0.375. The topological polar surface area (TPSA) is 26.3 Å². The van der Waals surface area contributed by atoms with E-state index in [1.165, 1.54) is 0 Å². The van der Waals surface area contributed by atoms with Gasteiger partial charge in [0.2, 0.25) is 0 Å². The van der Waals surface area contributed by atoms with Crippen LogP contribution in [0.4, 0.5) is 0 Å². The van der Waals surface area contributed by atoms with Crippen LogP contribution < -0.4 is 0 Å². The van der Waals surface area contributed by atoms with Gasteiger partial charge in [-0.25, -0.2) is 0 Å². The molecule has 3 heteroatoms. The molecular formula is C7H5HgO2. The Morgan fingerprint density at radius 1 is 1.70 bits per heavy atom. The van der Waals surface area contributed by atoms with E-state index in [2.05, 4.69) is 6.58 Å². The molecule has 0 unspecified atom stereocenters. The van der Waals surface area contributed by atoms with Gasteiger partial charge in [0.05, 0.1) is 0 Å². The Labute approximate surface area is 75.9 Å². The summed E-state index contributed by atoms with van der Waals surface area (Å²) in [6.45, 7) is 3.67. The van der Waals surface area contributed by atoms with Crippen LogP contribution in [-0.4, -0.2) is 5.97 Å². The molecule has 0 aliphatic heterocycles. The van der Waals surface area contributed by atoms with E-state index in [9.17, 15) is 4.79 Å². The number of carbonyl (C=O) groups excluding carboxylic acids is 1. The van der Waals surface area contributed by atoms with Gasteiger partial charge in [0.25, 0.3) is 0 Å². The zero-order chi connectivity index (χ0) is 7.56. The molecule has 0 bridgehead atoms. The molecule has 0 amide bonds. The van der Waals surface area contributed by atoms with Crippen molar-refractivity contribution in [3.05, 3.63) is 36.0 Å². The summed E-state index contributed by atoms with van der Waals surface area (Å²) < 4.78 is 4.69. The van der Waals surface area contributed by atoms with Gasteiger partial charge in [0.15, 0.2) is 0 Å². The summed E-state index contributed by atoms with van der Waals surface area (Å²) >= 11 is 0.0730. The van der Waals surface area contributed by atoms with Crippen molar-refractivity contribution in [2.45, 2.75) is 0 Å². The molecule has 0 aromatic carbocycles. The quantitative estimate of drug-likeness (QED) is 0.675. The predicted molar refractivity (Wildman–Crippen MR) is 32.5 cm³/mol. The molecular weight excluding hydrogens is 317 g/mol. The van der Waals surface area contributed by atoms with E-state index in [1.807, 2.05) is 0 Å². The van der Waals surface area contributed by atoms with E-state index in [0.717, 1.165) is 5.57 Å². The van der Waals surface area contributed by atoms with E-state index in [0.29, 0.717) is 5.57 Å². The Morgan fingerprint density at radius 2 is 2.40 bits per heavy atom. The normalized spacial score (nSPS) is 15.4. The molecule has 0 aromatic rings. The molecule has 0 atom stereocenters. The summed E-state index contributed by atoms with van der Waals surface area (Å²) in [5.41, 5.74) is 1.34. The maximum atomic E-state index is 10.9. The fraction of sp³-hybridized carbons (Fsp3) is 0. The van der Waals surface area contributed by atoms with Gasteiger partial charge < -0.3 is 0 Å². The van der Waals surface area contributed by atoms with Crippen LogP contribution in [0.5, 0.6) is 0 Å². The molecule has 0 fully saturated rings. The van der Waals surface area contributed by atoms with Gasteiger partial charge in [-0.3, -0.25) is 0 Å². The zero-order valence-corrected chi connectivity index (χ0v) is 11.0. The molecule has 0 radical (unpaired) electrons. The van der Waals surface area contributed by atoms with Gasteiger partial charge in [0.1, 0.15) is 0 Å². The molecule has 0 aromatic heterocycles. The second-order valence-corrected chi connectivity index (χ2v) is 3.02. The van der Waals surface area contributed by atoms with Crippen molar-refractivity contribution >= 4 is 5.97 Å². The van der Waals surface area contributed by atoms with Crippen LogP contribution in [0.15, 0.2) is 36.0 Å². The van der Waals surface area contributed by atoms with Crippen LogP contribution >= 0.6 is 0 Å². The van der Waals surface area contributed by atoms with Crippen LogP contribution in [0.1, 0.15) is 0 Å². The van der Waals surface area contributed by atoms with Crippen molar-refractivity contribution in [1.29, 1.82) is 0 Å². The van der Waals surface area contributed by atoms with Gasteiger partial charge in [-0.15, -0.1) is 0 Å². The SMILES string of the molecule is C=C1C=CC=C1C(=O)[O][Hg]. The number of hydrogen-bond acceptors (Lipinski definition) is 2. The maximum absolute atomic E-state index is 10.9. The Kier molecular flexibility index (Phi) is 2.43. The van der Waals surface area contributed by atoms with Crippen LogP contribution in [0.3, 0.4) is 0 Å². The third-order valence-electron chi connectivity index (χ3n) is 1.26. The predicted octanol–water partition coefficient (Wildman–Crippen LogP) is 1.04. The summed E-state index contributed by atoms with van der Waals surface area (Å²) in [5, 5.41) is 0. The summed E-state index contributed by atoms with van der Waals surface area (Å²) in [6.07, 6.45) is 5.31. The van der Waals surface area contributed by atoms with Crippen molar-refractivity contribution in [1.82, 2.24) is 0 Å². The van der Waals surface area contributed by atoms with Crippen molar-refractivity contribution in [3.63, 3.8) is 0 Å². The van der Waals surface area contributed by atoms with E-state index >= 15 is 0 Å². The van der Waals surface area contributed by atoms with Crippen molar-refractivity contribution in [2.75, 3.05) is 0 Å². The Bertz CT molecular complexity index is 238. The summed E-state index contributed by atoms with van der Waals surface area (Å²) in [4.78, 5) is 10.9. The summed E-state index contributed by atoms with van der Waals surface area (Å²) in [7, 11) is 0. The molecule has 0 N–H and O–H groups in total. The Balaban J connectivity index is 2.77. The molecule has 10 heavy (non-hydrogen) atoms. The molecule has 1 aliphatic rings. The second kappa shape index (κ2) is 3.15. The molecule has 0 saturated carbocycles. The molecule has 0 saturated heterocycles. The summed E-state index contributed by atoms with van der Waals surface area (Å²) in [6, 6.07) is 0. The van der Waals surface area contributed by atoms with E-state index in [4.69, 9.17) is 2.64 Å². The second-order valence-electron chi connectivity index (χ2n) is 1.90.